The summed E-state index contributed by atoms with van der Waals surface area (Å²) in [5.74, 6) is -0.568. The Bertz CT molecular complexity index is 1090. The van der Waals surface area contributed by atoms with Crippen LogP contribution in [-0.4, -0.2) is 158 Å². The van der Waals surface area contributed by atoms with Gasteiger partial charge in [0.05, 0.1) is 13.2 Å². The van der Waals surface area contributed by atoms with Crippen LogP contribution in [0, 0.1) is 10.8 Å². The van der Waals surface area contributed by atoms with E-state index in [1.807, 2.05) is 99.4 Å². The first-order valence-electron chi connectivity index (χ1n) is 16.5. The average molecular weight is 721 g/mol. The molecule has 0 saturated carbocycles. The molecular weight excluding hydrogens is 660 g/mol. The molecule has 13 nitrogen and oxygen atoms in total. The van der Waals surface area contributed by atoms with Crippen molar-refractivity contribution in [2.45, 2.75) is 65.2 Å². The summed E-state index contributed by atoms with van der Waals surface area (Å²) < 4.78 is 13.0. The Labute approximate surface area is 292 Å². The van der Waals surface area contributed by atoms with Gasteiger partial charge in [0.15, 0.2) is 0 Å². The van der Waals surface area contributed by atoms with E-state index in [2.05, 4.69) is 10.6 Å². The second-order valence-corrected chi connectivity index (χ2v) is 15.6. The van der Waals surface area contributed by atoms with Gasteiger partial charge >= 0.3 is 167 Å². The molecule has 1 rings (SSSR count). The van der Waals surface area contributed by atoms with Gasteiger partial charge in [0.25, 0.3) is 0 Å². The minimum absolute atomic E-state index is 0.0602. The predicted molar refractivity (Wildman–Crippen MR) is 185 cm³/mol. The number of esters is 1. The van der Waals surface area contributed by atoms with Crippen LogP contribution in [0.4, 0.5) is 0 Å². The minimum atomic E-state index is -0.633. The monoisotopic (exact) mass is 719 g/mol. The standard InChI is InChI=1S/C33H60N7O6.Ga/c1-9-37(7)19-27(41)13-18-46-30(43)22-38(8)16-17-39(10-2)21-29(42)35-23-32(3,4)25-45-26-33(5,6)24-36-31(44)28(34)20-40-14-11-12-15-40;/h11-12,14-15,18,28H,9-10,13,16-17,19-26,34H2,1-8H3,(H,35,42)(H,36,44);. The first kappa shape index (κ1) is 42.8. The molecule has 2 amide bonds. The SMILES string of the molecule is CCN(C)CC(=O)C[C@H]([Ga])OC(=O)CN(C)CCN(CC)CC(=O)NCC(C)(C)COCC(C)(C)CNC(=O)C(N)Cn1cccc1. The molecule has 0 fully saturated rings. The van der Waals surface area contributed by atoms with E-state index >= 15 is 0 Å². The van der Waals surface area contributed by atoms with E-state index in [0.717, 1.165) is 6.54 Å². The molecule has 2 radical (unpaired) electrons. The van der Waals surface area contributed by atoms with Crippen molar-refractivity contribution >= 4 is 42.2 Å². The number of Topliss-reactive ketones (excluding diaryl/α,β-unsaturated/α-hetero) is 1. The zero-order chi connectivity index (χ0) is 35.6. The third kappa shape index (κ3) is 20.0. The second kappa shape index (κ2) is 21.7. The topological polar surface area (TPSA) is 151 Å². The number of hydrogen-bond acceptors (Lipinski definition) is 10. The Hall–Kier alpha value is -2.20. The summed E-state index contributed by atoms with van der Waals surface area (Å²) in [5.41, 5.74) is 5.46. The van der Waals surface area contributed by atoms with Gasteiger partial charge in [0.2, 0.25) is 5.91 Å². The molecule has 266 valence electrons. The van der Waals surface area contributed by atoms with E-state index in [-0.39, 0.29) is 53.9 Å². The second-order valence-electron chi connectivity index (χ2n) is 14.0. The van der Waals surface area contributed by atoms with Gasteiger partial charge in [-0.1, -0.05) is 27.7 Å². The van der Waals surface area contributed by atoms with Crippen molar-refractivity contribution in [1.82, 2.24) is 29.9 Å². The first-order valence-corrected chi connectivity index (χ1v) is 17.9. The van der Waals surface area contributed by atoms with Crippen molar-refractivity contribution in [3.8, 4) is 0 Å². The van der Waals surface area contributed by atoms with E-state index in [0.29, 0.717) is 59.0 Å². The van der Waals surface area contributed by atoms with Crippen LogP contribution in [0.15, 0.2) is 24.5 Å². The molecule has 1 aromatic heterocycles. The number of amides is 2. The van der Waals surface area contributed by atoms with E-state index in [1.165, 1.54) is 18.6 Å². The van der Waals surface area contributed by atoms with Gasteiger partial charge < -0.3 is 20.4 Å². The van der Waals surface area contributed by atoms with E-state index in [4.69, 9.17) is 15.2 Å². The van der Waals surface area contributed by atoms with Crippen molar-refractivity contribution in [1.29, 1.82) is 0 Å². The zero-order valence-electron chi connectivity index (χ0n) is 30.0. The van der Waals surface area contributed by atoms with E-state index in [9.17, 15) is 19.2 Å². The molecule has 0 spiro atoms. The van der Waals surface area contributed by atoms with Gasteiger partial charge in [-0.2, -0.15) is 0 Å². The third-order valence-electron chi connectivity index (χ3n) is 7.61. The summed E-state index contributed by atoms with van der Waals surface area (Å²) in [6.45, 7) is 17.7. The number of rotatable bonds is 25. The number of hydrogen-bond donors (Lipinski definition) is 3. The minimum Gasteiger partial charge on any atom is -0.380 e. The van der Waals surface area contributed by atoms with Crippen LogP contribution in [-0.2, 0) is 35.2 Å². The maximum absolute atomic E-state index is 12.8. The maximum atomic E-state index is 12.8. The van der Waals surface area contributed by atoms with Gasteiger partial charge in [-0.15, -0.1) is 0 Å². The molecule has 0 aliphatic heterocycles. The number of ether oxygens (including phenoxy) is 2. The normalized spacial score (nSPS) is 13.5. The quantitative estimate of drug-likeness (QED) is 0.0953. The fraction of sp³-hybridized carbons (Fsp3) is 0.758. The van der Waals surface area contributed by atoms with Gasteiger partial charge in [0.1, 0.15) is 6.04 Å². The van der Waals surface area contributed by atoms with Gasteiger partial charge in [0, 0.05) is 36.3 Å². The molecule has 0 aliphatic rings. The molecule has 0 aromatic carbocycles. The number of nitrogens with one attached hydrogen (secondary N) is 2. The van der Waals surface area contributed by atoms with Gasteiger partial charge in [-0.3, -0.25) is 4.79 Å². The van der Waals surface area contributed by atoms with Gasteiger partial charge in [-0.25, -0.2) is 0 Å². The molecule has 14 heteroatoms. The van der Waals surface area contributed by atoms with Gasteiger partial charge in [-0.05, 0) is 12.1 Å². The molecule has 0 aliphatic carbocycles. The Balaban J connectivity index is 2.33. The third-order valence-corrected chi connectivity index (χ3v) is 8.39. The number of likely N-dealkylation sites (N-methyl/N-ethyl adjacent to an activating group) is 3. The number of aromatic nitrogens is 1. The summed E-state index contributed by atoms with van der Waals surface area (Å²) in [6, 6.07) is 3.16. The molecule has 2 atom stereocenters. The zero-order valence-corrected chi connectivity index (χ0v) is 32.5. The first-order chi connectivity index (χ1) is 21.9. The predicted octanol–water partition coefficient (Wildman–Crippen LogP) is 0.319. The Kier molecular flexibility index (Phi) is 19.8. The van der Waals surface area contributed by atoms with Crippen LogP contribution >= 0.6 is 0 Å². The molecule has 1 unspecified atom stereocenters. The van der Waals surface area contributed by atoms with Crippen LogP contribution in [0.5, 0.6) is 0 Å². The number of ketones is 1. The van der Waals surface area contributed by atoms with Crippen LogP contribution in [0.2, 0.25) is 0 Å². The smallest absolute Gasteiger partial charge is 0.380 e. The van der Waals surface area contributed by atoms with Crippen molar-refractivity contribution in [3.05, 3.63) is 24.5 Å². The number of nitrogens with zero attached hydrogens (tertiary/aromatic N) is 4. The van der Waals surface area contributed by atoms with Crippen molar-refractivity contribution in [3.63, 3.8) is 0 Å². The fourth-order valence-corrected chi connectivity index (χ4v) is 5.34. The average Bonchev–Trinajstić information content (AvgIpc) is 3.49. The number of carbonyl (C=O) groups is 4. The van der Waals surface area contributed by atoms with Crippen molar-refractivity contribution in [2.24, 2.45) is 16.6 Å². The fourth-order valence-electron chi connectivity index (χ4n) is 4.47. The molecule has 1 heterocycles. The van der Waals surface area contributed by atoms with Crippen molar-refractivity contribution in [2.75, 3.05) is 86.2 Å². The molecule has 0 bridgehead atoms. The van der Waals surface area contributed by atoms with Crippen molar-refractivity contribution < 1.29 is 28.7 Å². The molecule has 47 heavy (non-hydrogen) atoms. The van der Waals surface area contributed by atoms with Crippen LogP contribution < -0.4 is 16.4 Å². The van der Waals surface area contributed by atoms with Crippen LogP contribution in [0.3, 0.4) is 0 Å². The molecule has 0 saturated heterocycles. The van der Waals surface area contributed by atoms with E-state index in [1.54, 1.807) is 0 Å². The molecule has 4 N–H and O–H groups in total. The summed E-state index contributed by atoms with van der Waals surface area (Å²) in [7, 11) is 3.72. The number of carbonyl (C=O) groups excluding carboxylic acids is 4. The Morgan fingerprint density at radius 1 is 0.872 bits per heavy atom. The number of nitrogens with two attached hydrogens (primary N) is 1. The summed E-state index contributed by atoms with van der Waals surface area (Å²) in [5, 5.41) is 5.96. The van der Waals surface area contributed by atoms with Crippen LogP contribution in [0.1, 0.15) is 48.0 Å². The molecule has 1 aromatic rings. The summed E-state index contributed by atoms with van der Waals surface area (Å²) in [4.78, 5) is 55.5. The molecular formula is C33H60GaN7O6. The summed E-state index contributed by atoms with van der Waals surface area (Å²) in [6.07, 6.45) is 3.98. The van der Waals surface area contributed by atoms with Crippen LogP contribution in [0.25, 0.3) is 0 Å². The Morgan fingerprint density at radius 3 is 2.04 bits per heavy atom. The Morgan fingerprint density at radius 2 is 1.47 bits per heavy atom. The summed E-state index contributed by atoms with van der Waals surface area (Å²) >= 11 is 1.22. The van der Waals surface area contributed by atoms with E-state index < -0.39 is 10.7 Å².